The average molecular weight is 435 g/mol. The predicted octanol–water partition coefficient (Wildman–Crippen LogP) is 3.41. The Morgan fingerprint density at radius 1 is 0.931 bits per heavy atom. The van der Waals surface area contributed by atoms with E-state index < -0.39 is 0 Å². The summed E-state index contributed by atoms with van der Waals surface area (Å²) in [5.41, 5.74) is 20.0. The zero-order valence-corrected chi connectivity index (χ0v) is 19.2. The number of rotatable bonds is 2. The molecule has 0 saturated heterocycles. The van der Waals surface area contributed by atoms with Crippen molar-refractivity contribution in [3.63, 3.8) is 0 Å². The maximum atomic E-state index is 5.61. The summed E-state index contributed by atoms with van der Waals surface area (Å²) in [6.45, 7) is 5.00. The highest BCUT2D eigenvalue weighted by Crippen LogP contribution is 2.65. The molecule has 0 amide bonds. The molecular formula is C21H34N6S2. The molecule has 160 valence electrons. The van der Waals surface area contributed by atoms with Crippen LogP contribution in [0.1, 0.15) is 71.6 Å². The Kier molecular flexibility index (Phi) is 5.61. The van der Waals surface area contributed by atoms with Crippen LogP contribution in [0.3, 0.4) is 0 Å². The molecule has 4 rings (SSSR count). The van der Waals surface area contributed by atoms with Gasteiger partial charge in [-0.2, -0.15) is 10.2 Å². The van der Waals surface area contributed by atoms with E-state index >= 15 is 0 Å². The van der Waals surface area contributed by atoms with Crippen LogP contribution in [0.2, 0.25) is 0 Å². The van der Waals surface area contributed by atoms with Gasteiger partial charge in [0.2, 0.25) is 0 Å². The number of nitrogens with zero attached hydrogens (tertiary/aromatic N) is 2. The van der Waals surface area contributed by atoms with Gasteiger partial charge in [0.1, 0.15) is 0 Å². The van der Waals surface area contributed by atoms with Gasteiger partial charge >= 0.3 is 0 Å². The number of hydrogen-bond donors (Lipinski definition) is 4. The first kappa shape index (κ1) is 21.0. The molecule has 29 heavy (non-hydrogen) atoms. The monoisotopic (exact) mass is 434 g/mol. The Morgan fingerprint density at radius 3 is 2.38 bits per heavy atom. The molecule has 0 aromatic carbocycles. The second kappa shape index (κ2) is 7.76. The van der Waals surface area contributed by atoms with Crippen molar-refractivity contribution in [2.45, 2.75) is 71.6 Å². The van der Waals surface area contributed by atoms with Crippen molar-refractivity contribution in [3.05, 3.63) is 0 Å². The van der Waals surface area contributed by atoms with E-state index in [-0.39, 0.29) is 15.6 Å². The molecule has 4 aliphatic carbocycles. The molecule has 6 N–H and O–H groups in total. The van der Waals surface area contributed by atoms with Crippen molar-refractivity contribution in [1.29, 1.82) is 0 Å². The topological polar surface area (TPSA) is 101 Å². The number of nitrogens with one attached hydrogen (secondary N) is 2. The van der Waals surface area contributed by atoms with Crippen molar-refractivity contribution >= 4 is 46.1 Å². The van der Waals surface area contributed by atoms with Crippen LogP contribution < -0.4 is 22.3 Å². The first-order valence-corrected chi connectivity index (χ1v) is 11.8. The summed E-state index contributed by atoms with van der Waals surface area (Å²) >= 11 is 9.86. The molecular weight excluding hydrogens is 400 g/mol. The molecule has 0 aromatic heterocycles. The molecule has 6 atom stereocenters. The van der Waals surface area contributed by atoms with Gasteiger partial charge in [0.05, 0.1) is 0 Å². The second-order valence-electron chi connectivity index (χ2n) is 10.0. The number of hydrazone groups is 2. The van der Waals surface area contributed by atoms with Crippen LogP contribution in [0, 0.1) is 34.5 Å². The molecule has 4 aliphatic rings. The standard InChI is InChI=1S/C21H34N6S2/c1-20-9-7-13(24-26-18(22)28)11-12(20)3-4-14-15-5-6-17(25-27-19(23)29)21(15,2)10-8-16(14)20/h12,14-16H,3-11H2,1-2H3,(H3,22,26,28)(H3,23,27,29)/t12-,14-,15+,16+,20-,21-/m0/s1. The van der Waals surface area contributed by atoms with E-state index in [1.165, 1.54) is 49.9 Å². The van der Waals surface area contributed by atoms with Gasteiger partial charge < -0.3 is 11.5 Å². The average Bonchev–Trinajstić information content (AvgIpc) is 3.01. The lowest BCUT2D eigenvalue weighted by atomic mass is 9.45. The molecule has 0 bridgehead atoms. The lowest BCUT2D eigenvalue weighted by Gasteiger charge is -2.59. The lowest BCUT2D eigenvalue weighted by molar-refractivity contribution is -0.0815. The van der Waals surface area contributed by atoms with Gasteiger partial charge in [-0.15, -0.1) is 0 Å². The first-order chi connectivity index (χ1) is 13.7. The first-order valence-electron chi connectivity index (χ1n) is 11.0. The van der Waals surface area contributed by atoms with Gasteiger partial charge in [-0.1, -0.05) is 13.8 Å². The molecule has 0 heterocycles. The fourth-order valence-electron chi connectivity index (χ4n) is 7.39. The quantitative estimate of drug-likeness (QED) is 0.392. The Morgan fingerprint density at radius 2 is 1.66 bits per heavy atom. The van der Waals surface area contributed by atoms with E-state index in [1.807, 2.05) is 0 Å². The van der Waals surface area contributed by atoms with Crippen molar-refractivity contribution in [3.8, 4) is 0 Å². The summed E-state index contributed by atoms with van der Waals surface area (Å²) in [4.78, 5) is 0. The molecule has 0 unspecified atom stereocenters. The molecule has 0 spiro atoms. The SMILES string of the molecule is C[C@]12CCC(=NNC(N)=S)C[C@@H]1CC[C@@H]1[C@H]2CC[C@]2(C)C(=NNC(N)=S)CC[C@H]12. The highest BCUT2D eigenvalue weighted by atomic mass is 32.1. The van der Waals surface area contributed by atoms with E-state index in [0.717, 1.165) is 42.9 Å². The van der Waals surface area contributed by atoms with Crippen molar-refractivity contribution < 1.29 is 0 Å². The zero-order valence-electron chi connectivity index (χ0n) is 17.5. The van der Waals surface area contributed by atoms with Crippen LogP contribution in [-0.2, 0) is 0 Å². The van der Waals surface area contributed by atoms with Crippen LogP contribution in [-0.4, -0.2) is 21.6 Å². The van der Waals surface area contributed by atoms with Crippen LogP contribution in [0.15, 0.2) is 10.2 Å². The van der Waals surface area contributed by atoms with E-state index in [0.29, 0.717) is 5.41 Å². The van der Waals surface area contributed by atoms with Gasteiger partial charge in [-0.25, -0.2) is 0 Å². The summed E-state index contributed by atoms with van der Waals surface area (Å²) < 4.78 is 0. The van der Waals surface area contributed by atoms with Crippen molar-refractivity contribution in [2.24, 2.45) is 56.2 Å². The summed E-state index contributed by atoms with van der Waals surface area (Å²) in [5, 5.41) is 9.61. The summed E-state index contributed by atoms with van der Waals surface area (Å²) in [6, 6.07) is 0. The molecule has 4 saturated carbocycles. The molecule has 0 aliphatic heterocycles. The third-order valence-corrected chi connectivity index (χ3v) is 9.05. The number of thiocarbonyl (C=S) groups is 2. The Balaban J connectivity index is 1.51. The minimum Gasteiger partial charge on any atom is -0.375 e. The van der Waals surface area contributed by atoms with Crippen LogP contribution in [0.4, 0.5) is 0 Å². The van der Waals surface area contributed by atoms with Gasteiger partial charge in [0.15, 0.2) is 10.2 Å². The highest BCUT2D eigenvalue weighted by Gasteiger charge is 2.59. The van der Waals surface area contributed by atoms with Crippen LogP contribution in [0.5, 0.6) is 0 Å². The number of hydrogen-bond acceptors (Lipinski definition) is 4. The predicted molar refractivity (Wildman–Crippen MR) is 126 cm³/mol. The van der Waals surface area contributed by atoms with Gasteiger partial charge in [0.25, 0.3) is 0 Å². The number of fused-ring (bicyclic) bond motifs is 5. The molecule has 0 aromatic rings. The van der Waals surface area contributed by atoms with Gasteiger partial charge in [-0.05, 0) is 111 Å². The highest BCUT2D eigenvalue weighted by molar-refractivity contribution is 7.80. The van der Waals surface area contributed by atoms with E-state index in [9.17, 15) is 0 Å². The van der Waals surface area contributed by atoms with Crippen molar-refractivity contribution in [2.75, 3.05) is 0 Å². The smallest absolute Gasteiger partial charge is 0.184 e. The van der Waals surface area contributed by atoms with Crippen LogP contribution in [0.25, 0.3) is 0 Å². The summed E-state index contributed by atoms with van der Waals surface area (Å²) in [5.74, 6) is 3.07. The lowest BCUT2D eigenvalue weighted by Crippen LogP contribution is -2.53. The Hall–Kier alpha value is -1.28. The molecule has 0 radical (unpaired) electrons. The van der Waals surface area contributed by atoms with E-state index in [1.54, 1.807) is 0 Å². The maximum absolute atomic E-state index is 5.61. The Bertz CT molecular complexity index is 764. The summed E-state index contributed by atoms with van der Waals surface area (Å²) in [6.07, 6.45) is 10.8. The Labute approximate surface area is 184 Å². The molecule has 8 heteroatoms. The maximum Gasteiger partial charge on any atom is 0.184 e. The molecule has 6 nitrogen and oxygen atoms in total. The fourth-order valence-corrected chi connectivity index (χ4v) is 7.48. The van der Waals surface area contributed by atoms with Crippen LogP contribution >= 0.6 is 24.4 Å². The summed E-state index contributed by atoms with van der Waals surface area (Å²) in [7, 11) is 0. The third kappa shape index (κ3) is 3.67. The van der Waals surface area contributed by atoms with E-state index in [4.69, 9.17) is 35.9 Å². The van der Waals surface area contributed by atoms with Gasteiger partial charge in [0, 0.05) is 16.8 Å². The second-order valence-corrected chi connectivity index (χ2v) is 10.9. The largest absolute Gasteiger partial charge is 0.375 e. The number of nitrogens with two attached hydrogens (primary N) is 2. The van der Waals surface area contributed by atoms with E-state index in [2.05, 4.69) is 34.9 Å². The van der Waals surface area contributed by atoms with Crippen molar-refractivity contribution in [1.82, 2.24) is 10.9 Å². The minimum absolute atomic E-state index is 0.199. The molecule has 4 fully saturated rings. The zero-order chi connectivity index (χ0) is 20.8. The van der Waals surface area contributed by atoms with Gasteiger partial charge in [-0.3, -0.25) is 10.9 Å². The third-order valence-electron chi connectivity index (χ3n) is 8.87. The minimum atomic E-state index is 0.199. The normalized spacial score (nSPS) is 43.9. The fraction of sp³-hybridized carbons (Fsp3) is 0.810.